The molecule has 0 aliphatic rings. The third-order valence-electron chi connectivity index (χ3n) is 4.37. The summed E-state index contributed by atoms with van der Waals surface area (Å²) in [4.78, 5) is 23.9. The Balaban J connectivity index is 4.81. The fraction of sp³-hybridized carbons (Fsp3) is 0.800. The monoisotopic (exact) mass is 462 g/mol. The molecule has 5 heteroatoms. The first-order valence-corrected chi connectivity index (χ1v) is 17.3. The molecule has 0 spiro atoms. The van der Waals surface area contributed by atoms with Crippen LogP contribution in [0.3, 0.4) is 0 Å². The summed E-state index contributed by atoms with van der Waals surface area (Å²) in [6, 6.07) is 0. The van der Waals surface area contributed by atoms with Crippen molar-refractivity contribution in [3.05, 3.63) is 12.2 Å². The molecule has 0 aliphatic carbocycles. The molecule has 0 amide bonds. The Bertz CT molecular complexity index is 371. The number of rotatable bonds is 15. The van der Waals surface area contributed by atoms with Crippen molar-refractivity contribution in [2.24, 2.45) is 0 Å². The van der Waals surface area contributed by atoms with Crippen LogP contribution in [0.5, 0.6) is 0 Å². The molecule has 0 heterocycles. The van der Waals surface area contributed by atoms with E-state index in [2.05, 4.69) is 20.8 Å². The van der Waals surface area contributed by atoms with E-state index >= 15 is 0 Å². The minimum absolute atomic E-state index is 0.341. The topological polar surface area (TPSA) is 52.6 Å². The molecule has 0 bridgehead atoms. The van der Waals surface area contributed by atoms with Crippen molar-refractivity contribution in [2.45, 2.75) is 92.4 Å². The van der Waals surface area contributed by atoms with Crippen molar-refractivity contribution in [3.8, 4) is 0 Å². The van der Waals surface area contributed by atoms with Crippen LogP contribution in [0.25, 0.3) is 0 Å². The van der Waals surface area contributed by atoms with Gasteiger partial charge in [0.1, 0.15) is 0 Å². The molecule has 0 saturated carbocycles. The van der Waals surface area contributed by atoms with Crippen LogP contribution in [0.15, 0.2) is 12.2 Å². The number of carbonyl (C=O) groups excluding carboxylic acids is 2. The van der Waals surface area contributed by atoms with Crippen LogP contribution < -0.4 is 0 Å². The first-order chi connectivity index (χ1) is 12.0. The van der Waals surface area contributed by atoms with Crippen molar-refractivity contribution in [3.63, 3.8) is 0 Å². The van der Waals surface area contributed by atoms with E-state index in [9.17, 15) is 9.59 Å². The SMILES string of the molecule is CCCCOC(=O)/C=C\C(=O)[O][Sn]([CH2]CCC)([CH2]CCC)[CH2]CCC. The second kappa shape index (κ2) is 15.7. The number of ether oxygens (including phenoxy) is 1. The van der Waals surface area contributed by atoms with Gasteiger partial charge in [-0.3, -0.25) is 0 Å². The number of esters is 1. The van der Waals surface area contributed by atoms with E-state index in [1.807, 2.05) is 6.92 Å². The first-order valence-electron chi connectivity index (χ1n) is 10.1. The van der Waals surface area contributed by atoms with Crippen molar-refractivity contribution < 1.29 is 17.4 Å². The van der Waals surface area contributed by atoms with Crippen LogP contribution in [-0.4, -0.2) is 37.3 Å². The molecule has 0 saturated heterocycles. The van der Waals surface area contributed by atoms with Crippen molar-refractivity contribution in [1.82, 2.24) is 0 Å². The standard InChI is InChI=1S/C8H12O4.3C4H9.Sn/c1-2-3-6-12-8(11)5-4-7(9)10;3*1-3-4-2;/h4-5H,2-3,6H2,1H3,(H,9,10);3*1,3-4H2,2H3;/q;;;;+1/p-1/b5-4-;;;;. The third-order valence-corrected chi connectivity index (χ3v) is 17.0. The second-order valence-electron chi connectivity index (χ2n) is 6.77. The van der Waals surface area contributed by atoms with E-state index in [-0.39, 0.29) is 5.97 Å². The van der Waals surface area contributed by atoms with Crippen molar-refractivity contribution in [1.29, 1.82) is 0 Å². The number of hydrogen-bond acceptors (Lipinski definition) is 4. The number of carbonyl (C=O) groups is 2. The summed E-state index contributed by atoms with van der Waals surface area (Å²) in [6.45, 7) is 9.00. The maximum absolute atomic E-state index is 12.3. The second-order valence-corrected chi connectivity index (χ2v) is 18.4. The first kappa shape index (κ1) is 24.5. The molecule has 25 heavy (non-hydrogen) atoms. The summed E-state index contributed by atoms with van der Waals surface area (Å²) in [5.41, 5.74) is 0. The maximum atomic E-state index is 12.3. The van der Waals surface area contributed by atoms with Crippen LogP contribution in [-0.2, 0) is 17.4 Å². The molecule has 0 aromatic carbocycles. The van der Waals surface area contributed by atoms with Crippen LogP contribution in [0, 0.1) is 0 Å². The Morgan fingerprint density at radius 3 is 1.60 bits per heavy atom. The predicted molar refractivity (Wildman–Crippen MR) is 106 cm³/mol. The summed E-state index contributed by atoms with van der Waals surface area (Å²) in [7, 11) is 0. The van der Waals surface area contributed by atoms with E-state index < -0.39 is 24.8 Å². The van der Waals surface area contributed by atoms with Gasteiger partial charge in [0.2, 0.25) is 0 Å². The Hall–Kier alpha value is -0.521. The Kier molecular flexibility index (Phi) is 15.4. The molecule has 0 fully saturated rings. The number of unbranched alkanes of at least 4 members (excludes halogenated alkanes) is 4. The van der Waals surface area contributed by atoms with Crippen LogP contribution in [0.2, 0.25) is 13.3 Å². The molecule has 0 atom stereocenters. The van der Waals surface area contributed by atoms with E-state index in [4.69, 9.17) is 7.81 Å². The zero-order valence-corrected chi connectivity index (χ0v) is 19.6. The summed E-state index contributed by atoms with van der Waals surface area (Å²) >= 11 is -2.94. The molecule has 0 aromatic heterocycles. The zero-order valence-electron chi connectivity index (χ0n) is 16.8. The van der Waals surface area contributed by atoms with E-state index in [1.165, 1.54) is 12.2 Å². The van der Waals surface area contributed by atoms with Crippen LogP contribution in [0.1, 0.15) is 79.1 Å². The predicted octanol–water partition coefficient (Wildman–Crippen LogP) is 5.77. The van der Waals surface area contributed by atoms with Gasteiger partial charge in [-0.2, -0.15) is 0 Å². The summed E-state index contributed by atoms with van der Waals surface area (Å²) in [6.07, 6.45) is 11.1. The third kappa shape index (κ3) is 12.5. The summed E-state index contributed by atoms with van der Waals surface area (Å²) in [5.74, 6) is -0.798. The average Bonchev–Trinajstić information content (AvgIpc) is 2.61. The van der Waals surface area contributed by atoms with Gasteiger partial charge in [-0.1, -0.05) is 0 Å². The Morgan fingerprint density at radius 2 is 1.16 bits per heavy atom. The van der Waals surface area contributed by atoms with Gasteiger partial charge in [0, 0.05) is 0 Å². The van der Waals surface area contributed by atoms with Gasteiger partial charge in [0.25, 0.3) is 0 Å². The van der Waals surface area contributed by atoms with Gasteiger partial charge in [0.05, 0.1) is 0 Å². The van der Waals surface area contributed by atoms with E-state index in [1.54, 1.807) is 0 Å². The molecule has 146 valence electrons. The molecular formula is C20H38O4Sn. The summed E-state index contributed by atoms with van der Waals surface area (Å²) in [5, 5.41) is 0. The Labute approximate surface area is 159 Å². The molecule has 0 unspecified atom stereocenters. The fourth-order valence-corrected chi connectivity index (χ4v) is 15.7. The molecule has 0 aliphatic heterocycles. The van der Waals surface area contributed by atoms with Gasteiger partial charge in [-0.15, -0.1) is 0 Å². The van der Waals surface area contributed by atoms with Crippen LogP contribution in [0.4, 0.5) is 0 Å². The minimum atomic E-state index is -2.94. The fourth-order valence-electron chi connectivity index (χ4n) is 2.77. The van der Waals surface area contributed by atoms with Gasteiger partial charge in [-0.25, -0.2) is 0 Å². The average molecular weight is 461 g/mol. The quantitative estimate of drug-likeness (QED) is 0.134. The molecular weight excluding hydrogens is 423 g/mol. The number of hydrogen-bond donors (Lipinski definition) is 0. The Morgan fingerprint density at radius 1 is 0.720 bits per heavy atom. The van der Waals surface area contributed by atoms with Crippen LogP contribution >= 0.6 is 0 Å². The van der Waals surface area contributed by atoms with Gasteiger partial charge in [0.15, 0.2) is 0 Å². The molecule has 0 aromatic rings. The summed E-state index contributed by atoms with van der Waals surface area (Å²) < 4.78 is 14.4. The normalized spacial score (nSPS) is 11.7. The zero-order chi connectivity index (χ0) is 19.0. The van der Waals surface area contributed by atoms with E-state index in [0.29, 0.717) is 6.61 Å². The molecule has 4 nitrogen and oxygen atoms in total. The van der Waals surface area contributed by atoms with E-state index in [0.717, 1.165) is 64.7 Å². The molecule has 0 N–H and O–H groups in total. The molecule has 0 radical (unpaired) electrons. The molecule has 0 rings (SSSR count). The van der Waals surface area contributed by atoms with Gasteiger partial charge >= 0.3 is 159 Å². The van der Waals surface area contributed by atoms with Gasteiger partial charge in [-0.05, 0) is 0 Å². The van der Waals surface area contributed by atoms with Gasteiger partial charge < -0.3 is 0 Å². The van der Waals surface area contributed by atoms with Crippen molar-refractivity contribution >= 4 is 30.7 Å². The van der Waals surface area contributed by atoms with Crippen molar-refractivity contribution in [2.75, 3.05) is 6.61 Å².